The summed E-state index contributed by atoms with van der Waals surface area (Å²) in [6.07, 6.45) is 0. The molecule has 1 aromatic rings. The van der Waals surface area contributed by atoms with Crippen molar-refractivity contribution >= 4 is 11.8 Å². The van der Waals surface area contributed by atoms with Gasteiger partial charge in [-0.1, -0.05) is 25.7 Å². The monoisotopic (exact) mass is 305 g/mol. The van der Waals surface area contributed by atoms with Crippen molar-refractivity contribution in [3.63, 3.8) is 0 Å². The molecule has 0 bridgehead atoms. The van der Waals surface area contributed by atoms with Crippen molar-refractivity contribution in [2.45, 2.75) is 24.3 Å². The molecule has 1 aliphatic heterocycles. The molecule has 0 radical (unpaired) electrons. The molecule has 1 aromatic carbocycles. The third-order valence-corrected chi connectivity index (χ3v) is 4.56. The molecule has 2 rings (SSSR count). The highest BCUT2D eigenvalue weighted by Gasteiger charge is 2.21. The van der Waals surface area contributed by atoms with E-state index in [1.54, 1.807) is 0 Å². The second-order valence-corrected chi connectivity index (χ2v) is 7.23. The molecule has 21 heavy (non-hydrogen) atoms. The van der Waals surface area contributed by atoms with Crippen LogP contribution in [0.5, 0.6) is 5.75 Å². The number of ether oxygens (including phenoxy) is 1. The first-order valence-corrected chi connectivity index (χ1v) is 8.32. The normalized spacial score (nSPS) is 22.4. The van der Waals surface area contributed by atoms with Crippen LogP contribution < -0.4 is 4.74 Å². The number of rotatable bonds is 4. The summed E-state index contributed by atoms with van der Waals surface area (Å²) in [6, 6.07) is 7.69. The summed E-state index contributed by atoms with van der Waals surface area (Å²) in [7, 11) is 0. The summed E-state index contributed by atoms with van der Waals surface area (Å²) >= 11 is 2.07. The number of benzene rings is 1. The van der Waals surface area contributed by atoms with Gasteiger partial charge in [-0.25, -0.2) is 0 Å². The van der Waals surface area contributed by atoms with Gasteiger partial charge in [-0.05, 0) is 24.3 Å². The minimum atomic E-state index is -0.108. The van der Waals surface area contributed by atoms with Crippen LogP contribution in [-0.4, -0.2) is 53.4 Å². The van der Waals surface area contributed by atoms with E-state index in [9.17, 15) is 0 Å². The summed E-state index contributed by atoms with van der Waals surface area (Å²) in [5, 5.41) is 10.1. The van der Waals surface area contributed by atoms with Gasteiger partial charge in [0.05, 0.1) is 0 Å². The third kappa shape index (κ3) is 5.62. The Morgan fingerprint density at radius 1 is 1.24 bits per heavy atom. The number of aliphatic hydroxyl groups is 1. The molecule has 2 unspecified atom stereocenters. The second-order valence-electron chi connectivity index (χ2n) is 5.35. The fraction of sp³-hybridized carbons (Fsp3) is 0.529. The largest absolute Gasteiger partial charge is 0.492 e. The second kappa shape index (κ2) is 8.33. The van der Waals surface area contributed by atoms with Gasteiger partial charge < -0.3 is 9.84 Å². The number of hydrogen-bond acceptors (Lipinski definition) is 4. The van der Waals surface area contributed by atoms with Crippen LogP contribution in [-0.2, 0) is 0 Å². The Morgan fingerprint density at radius 2 is 1.90 bits per heavy atom. The first-order valence-electron chi connectivity index (χ1n) is 7.38. The van der Waals surface area contributed by atoms with Gasteiger partial charge >= 0.3 is 0 Å². The third-order valence-electron chi connectivity index (χ3n) is 3.34. The molecule has 2 atom stereocenters. The summed E-state index contributed by atoms with van der Waals surface area (Å²) in [5.74, 6) is 6.38. The summed E-state index contributed by atoms with van der Waals surface area (Å²) < 4.78 is 5.79. The molecule has 1 aliphatic rings. The van der Waals surface area contributed by atoms with Crippen LogP contribution in [0.15, 0.2) is 24.3 Å². The Kier molecular flexibility index (Phi) is 6.44. The molecule has 1 fully saturated rings. The average molecular weight is 305 g/mol. The van der Waals surface area contributed by atoms with Crippen molar-refractivity contribution in [2.75, 3.05) is 32.8 Å². The van der Waals surface area contributed by atoms with E-state index in [4.69, 9.17) is 9.84 Å². The molecule has 1 saturated heterocycles. The molecule has 1 heterocycles. The molecule has 0 aromatic heterocycles. The van der Waals surface area contributed by atoms with Gasteiger partial charge in [-0.2, -0.15) is 11.8 Å². The van der Waals surface area contributed by atoms with Gasteiger partial charge in [-0.15, -0.1) is 0 Å². The van der Waals surface area contributed by atoms with Crippen molar-refractivity contribution in [3.8, 4) is 17.6 Å². The predicted molar refractivity (Wildman–Crippen MR) is 88.9 cm³/mol. The molecule has 0 spiro atoms. The van der Waals surface area contributed by atoms with Crippen LogP contribution in [0, 0.1) is 11.8 Å². The van der Waals surface area contributed by atoms with Crippen LogP contribution in [0.1, 0.15) is 19.4 Å². The van der Waals surface area contributed by atoms with Crippen molar-refractivity contribution in [2.24, 2.45) is 0 Å². The lowest BCUT2D eigenvalue weighted by atomic mass is 10.2. The maximum absolute atomic E-state index is 8.65. The summed E-state index contributed by atoms with van der Waals surface area (Å²) in [6.45, 7) is 8.46. The topological polar surface area (TPSA) is 32.7 Å². The number of thioether (sulfide) groups is 1. The highest BCUT2D eigenvalue weighted by molar-refractivity contribution is 8.00. The predicted octanol–water partition coefficient (Wildman–Crippen LogP) is 2.24. The molecule has 3 nitrogen and oxygen atoms in total. The van der Waals surface area contributed by atoms with Crippen LogP contribution >= 0.6 is 11.8 Å². The smallest absolute Gasteiger partial charge is 0.119 e. The quantitative estimate of drug-likeness (QED) is 0.865. The van der Waals surface area contributed by atoms with Crippen LogP contribution in [0.2, 0.25) is 0 Å². The van der Waals surface area contributed by atoms with Crippen LogP contribution in [0.4, 0.5) is 0 Å². The van der Waals surface area contributed by atoms with Crippen LogP contribution in [0.3, 0.4) is 0 Å². The standard InChI is InChI=1S/C17H23NO2S/c1-14-12-18(13-15(2)21-14)9-11-20-17-7-5-16(6-8-17)4-3-10-19/h5-8,14-15,19H,9-13H2,1-2H3. The summed E-state index contributed by atoms with van der Waals surface area (Å²) in [4.78, 5) is 2.48. The highest BCUT2D eigenvalue weighted by atomic mass is 32.2. The summed E-state index contributed by atoms with van der Waals surface area (Å²) in [5.41, 5.74) is 0.895. The van der Waals surface area contributed by atoms with Gasteiger partial charge in [0.15, 0.2) is 0 Å². The van der Waals surface area contributed by atoms with E-state index < -0.39 is 0 Å². The lowest BCUT2D eigenvalue weighted by Crippen LogP contribution is -2.42. The maximum atomic E-state index is 8.65. The molecule has 0 saturated carbocycles. The SMILES string of the molecule is CC1CN(CCOc2ccc(C#CCO)cc2)CC(C)S1. The average Bonchev–Trinajstić information content (AvgIpc) is 2.45. The molecule has 1 N–H and O–H groups in total. The zero-order chi connectivity index (χ0) is 15.1. The van der Waals surface area contributed by atoms with Gasteiger partial charge in [0, 0.05) is 35.7 Å². The van der Waals surface area contributed by atoms with E-state index in [2.05, 4.69) is 42.4 Å². The van der Waals surface area contributed by atoms with Crippen molar-refractivity contribution in [1.82, 2.24) is 4.90 Å². The van der Waals surface area contributed by atoms with Crippen molar-refractivity contribution in [3.05, 3.63) is 29.8 Å². The van der Waals surface area contributed by atoms with Crippen LogP contribution in [0.25, 0.3) is 0 Å². The molecule has 4 heteroatoms. The molecular formula is C17H23NO2S. The number of nitrogens with zero attached hydrogens (tertiary/aromatic N) is 1. The number of aliphatic hydroxyl groups excluding tert-OH is 1. The van der Waals surface area contributed by atoms with Gasteiger partial charge in [0.1, 0.15) is 19.0 Å². The van der Waals surface area contributed by atoms with Crippen molar-refractivity contribution in [1.29, 1.82) is 0 Å². The number of hydrogen-bond donors (Lipinski definition) is 1. The van der Waals surface area contributed by atoms with E-state index in [1.807, 2.05) is 24.3 Å². The Hall–Kier alpha value is -1.15. The van der Waals surface area contributed by atoms with E-state index in [1.165, 1.54) is 0 Å². The minimum absolute atomic E-state index is 0.108. The van der Waals surface area contributed by atoms with E-state index in [0.29, 0.717) is 17.1 Å². The van der Waals surface area contributed by atoms with E-state index in [-0.39, 0.29) is 6.61 Å². The Bertz CT molecular complexity index is 482. The fourth-order valence-electron chi connectivity index (χ4n) is 2.54. The zero-order valence-electron chi connectivity index (χ0n) is 12.7. The van der Waals surface area contributed by atoms with Gasteiger partial charge in [0.2, 0.25) is 0 Å². The molecule has 0 amide bonds. The van der Waals surface area contributed by atoms with E-state index in [0.717, 1.165) is 30.9 Å². The van der Waals surface area contributed by atoms with E-state index >= 15 is 0 Å². The van der Waals surface area contributed by atoms with Gasteiger partial charge in [-0.3, -0.25) is 4.90 Å². The molecular weight excluding hydrogens is 282 g/mol. The fourth-order valence-corrected chi connectivity index (χ4v) is 3.92. The Labute approximate surface area is 131 Å². The Morgan fingerprint density at radius 3 is 2.52 bits per heavy atom. The minimum Gasteiger partial charge on any atom is -0.492 e. The van der Waals surface area contributed by atoms with Crippen molar-refractivity contribution < 1.29 is 9.84 Å². The Balaban J connectivity index is 1.75. The molecule has 0 aliphatic carbocycles. The highest BCUT2D eigenvalue weighted by Crippen LogP contribution is 2.24. The first-order chi connectivity index (χ1) is 10.2. The molecule has 114 valence electrons. The lowest BCUT2D eigenvalue weighted by Gasteiger charge is -2.34. The van der Waals surface area contributed by atoms with Gasteiger partial charge in [0.25, 0.3) is 0 Å². The maximum Gasteiger partial charge on any atom is 0.119 e. The first kappa shape index (κ1) is 16.2. The lowest BCUT2D eigenvalue weighted by molar-refractivity contribution is 0.207. The zero-order valence-corrected chi connectivity index (χ0v) is 13.5.